The molecule has 77 valence electrons. The van der Waals surface area contributed by atoms with Crippen LogP contribution in [-0.2, 0) is 6.42 Å². The zero-order valence-electron chi connectivity index (χ0n) is 9.34. The number of unbranched alkanes of at least 4 members (excludes halogenated alkanes) is 1. The van der Waals surface area contributed by atoms with Crippen molar-refractivity contribution in [2.24, 2.45) is 0 Å². The van der Waals surface area contributed by atoms with E-state index < -0.39 is 9.04 Å². The van der Waals surface area contributed by atoms with E-state index in [9.17, 15) is 0 Å². The van der Waals surface area contributed by atoms with Crippen LogP contribution in [0.2, 0.25) is 13.1 Å². The topological polar surface area (TPSA) is 9.23 Å². The van der Waals surface area contributed by atoms with Gasteiger partial charge in [0.25, 0.3) is 9.04 Å². The molecule has 0 bridgehead atoms. The van der Waals surface area contributed by atoms with Crippen molar-refractivity contribution < 1.29 is 4.43 Å². The van der Waals surface area contributed by atoms with Crippen LogP contribution in [0.25, 0.3) is 0 Å². The van der Waals surface area contributed by atoms with Crippen molar-refractivity contribution in [1.29, 1.82) is 0 Å². The van der Waals surface area contributed by atoms with Gasteiger partial charge in [0.1, 0.15) is 5.75 Å². The molecule has 0 fully saturated rings. The summed E-state index contributed by atoms with van der Waals surface area (Å²) in [6.07, 6.45) is 3.68. The summed E-state index contributed by atoms with van der Waals surface area (Å²) >= 11 is 0. The zero-order chi connectivity index (χ0) is 10.4. The fraction of sp³-hybridized carbons (Fsp3) is 0.500. The number of benzene rings is 1. The summed E-state index contributed by atoms with van der Waals surface area (Å²) in [5, 5.41) is 0. The van der Waals surface area contributed by atoms with Gasteiger partial charge >= 0.3 is 0 Å². The highest BCUT2D eigenvalue weighted by Crippen LogP contribution is 2.15. The van der Waals surface area contributed by atoms with E-state index in [1.807, 2.05) is 6.07 Å². The van der Waals surface area contributed by atoms with E-state index in [1.165, 1.54) is 24.8 Å². The molecule has 2 heteroatoms. The van der Waals surface area contributed by atoms with Crippen molar-refractivity contribution in [2.75, 3.05) is 0 Å². The molecule has 0 atom stereocenters. The standard InChI is InChI=1S/C12H19OSi/c1-4-5-7-11-8-6-9-12(10-11)13-14(2)3/h6,8-10H,4-5,7H2,1-3H3. The van der Waals surface area contributed by atoms with E-state index in [2.05, 4.69) is 38.2 Å². The molecule has 0 amide bonds. The molecule has 0 unspecified atom stereocenters. The van der Waals surface area contributed by atoms with E-state index >= 15 is 0 Å². The molecule has 1 rings (SSSR count). The van der Waals surface area contributed by atoms with Gasteiger partial charge in [0, 0.05) is 0 Å². The third kappa shape index (κ3) is 3.96. The second-order valence-electron chi connectivity index (χ2n) is 3.76. The van der Waals surface area contributed by atoms with E-state index in [1.54, 1.807) is 0 Å². The lowest BCUT2D eigenvalue weighted by molar-refractivity contribution is 0.579. The molecule has 1 radical (unpaired) electrons. The molecule has 1 nitrogen and oxygen atoms in total. The summed E-state index contributed by atoms with van der Waals surface area (Å²) in [7, 11) is -0.624. The summed E-state index contributed by atoms with van der Waals surface area (Å²) in [6, 6.07) is 8.49. The van der Waals surface area contributed by atoms with E-state index in [4.69, 9.17) is 4.43 Å². The molecule has 0 aliphatic heterocycles. The maximum atomic E-state index is 5.74. The smallest absolute Gasteiger partial charge is 0.274 e. The van der Waals surface area contributed by atoms with E-state index in [-0.39, 0.29) is 0 Å². The Morgan fingerprint density at radius 1 is 1.29 bits per heavy atom. The first-order valence-electron chi connectivity index (χ1n) is 5.29. The highest BCUT2D eigenvalue weighted by Gasteiger charge is 2.00. The van der Waals surface area contributed by atoms with Crippen molar-refractivity contribution in [3.05, 3.63) is 29.8 Å². The van der Waals surface area contributed by atoms with Gasteiger partial charge in [-0.15, -0.1) is 0 Å². The van der Waals surface area contributed by atoms with Gasteiger partial charge in [-0.3, -0.25) is 0 Å². The quantitative estimate of drug-likeness (QED) is 0.670. The van der Waals surface area contributed by atoms with Gasteiger partial charge in [-0.1, -0.05) is 25.5 Å². The van der Waals surface area contributed by atoms with Crippen LogP contribution in [-0.4, -0.2) is 9.04 Å². The lowest BCUT2D eigenvalue weighted by atomic mass is 10.1. The number of hydrogen-bond acceptors (Lipinski definition) is 1. The molecule has 0 heterocycles. The van der Waals surface area contributed by atoms with Gasteiger partial charge in [0.15, 0.2) is 0 Å². The Hall–Kier alpha value is -0.763. The number of rotatable bonds is 5. The molecule has 0 aromatic heterocycles. The molecular formula is C12H19OSi. The van der Waals surface area contributed by atoms with Crippen molar-refractivity contribution >= 4 is 9.04 Å². The lowest BCUT2D eigenvalue weighted by Gasteiger charge is -2.09. The van der Waals surface area contributed by atoms with Crippen LogP contribution in [0, 0.1) is 0 Å². The minimum Gasteiger partial charge on any atom is -0.543 e. The van der Waals surface area contributed by atoms with E-state index in [0.29, 0.717) is 0 Å². The van der Waals surface area contributed by atoms with Crippen molar-refractivity contribution in [2.45, 2.75) is 39.3 Å². The predicted molar refractivity (Wildman–Crippen MR) is 63.2 cm³/mol. The predicted octanol–water partition coefficient (Wildman–Crippen LogP) is 3.66. The Bertz CT molecular complexity index is 271. The Balaban J connectivity index is 2.59. The molecule has 0 saturated heterocycles. The average Bonchev–Trinajstić information content (AvgIpc) is 2.14. The number of aryl methyl sites for hydroxylation is 1. The third-order valence-corrected chi connectivity index (χ3v) is 2.68. The minimum atomic E-state index is -0.624. The van der Waals surface area contributed by atoms with Crippen molar-refractivity contribution in [3.8, 4) is 5.75 Å². The van der Waals surface area contributed by atoms with Crippen LogP contribution >= 0.6 is 0 Å². The van der Waals surface area contributed by atoms with Crippen LogP contribution in [0.3, 0.4) is 0 Å². The van der Waals surface area contributed by atoms with Crippen LogP contribution in [0.1, 0.15) is 25.3 Å². The second kappa shape index (κ2) is 5.86. The summed E-state index contributed by atoms with van der Waals surface area (Å²) in [6.45, 7) is 6.53. The van der Waals surface area contributed by atoms with Gasteiger partial charge in [0.05, 0.1) is 0 Å². The molecule has 0 saturated carbocycles. The summed E-state index contributed by atoms with van der Waals surface area (Å²) < 4.78 is 5.74. The highest BCUT2D eigenvalue weighted by atomic mass is 28.3. The summed E-state index contributed by atoms with van der Waals surface area (Å²) in [5.74, 6) is 1.04. The summed E-state index contributed by atoms with van der Waals surface area (Å²) in [4.78, 5) is 0. The first-order valence-corrected chi connectivity index (χ1v) is 7.70. The first-order chi connectivity index (χ1) is 6.72. The fourth-order valence-corrected chi connectivity index (χ4v) is 1.98. The largest absolute Gasteiger partial charge is 0.543 e. The molecule has 0 aliphatic rings. The van der Waals surface area contributed by atoms with Crippen molar-refractivity contribution in [1.82, 2.24) is 0 Å². The number of hydrogen-bond donors (Lipinski definition) is 0. The van der Waals surface area contributed by atoms with Crippen LogP contribution in [0.4, 0.5) is 0 Å². The van der Waals surface area contributed by atoms with Crippen molar-refractivity contribution in [3.63, 3.8) is 0 Å². The normalized spacial score (nSPS) is 10.6. The molecular weight excluding hydrogens is 188 g/mol. The van der Waals surface area contributed by atoms with Gasteiger partial charge in [-0.05, 0) is 43.6 Å². The van der Waals surface area contributed by atoms with Crippen LogP contribution < -0.4 is 4.43 Å². The maximum Gasteiger partial charge on any atom is 0.274 e. The zero-order valence-corrected chi connectivity index (χ0v) is 10.3. The Morgan fingerprint density at radius 3 is 2.71 bits per heavy atom. The van der Waals surface area contributed by atoms with Gasteiger partial charge < -0.3 is 4.43 Å². The third-order valence-electron chi connectivity index (χ3n) is 2.04. The Morgan fingerprint density at radius 2 is 2.07 bits per heavy atom. The average molecular weight is 207 g/mol. The molecule has 14 heavy (non-hydrogen) atoms. The molecule has 0 N–H and O–H groups in total. The van der Waals surface area contributed by atoms with Gasteiger partial charge in [-0.25, -0.2) is 0 Å². The fourth-order valence-electron chi connectivity index (χ4n) is 1.38. The molecule has 0 aliphatic carbocycles. The summed E-state index contributed by atoms with van der Waals surface area (Å²) in [5.41, 5.74) is 1.40. The molecule has 1 aromatic carbocycles. The van der Waals surface area contributed by atoms with Crippen LogP contribution in [0.5, 0.6) is 5.75 Å². The Kier molecular flexibility index (Phi) is 4.74. The van der Waals surface area contributed by atoms with Gasteiger partial charge in [0.2, 0.25) is 0 Å². The molecule has 1 aromatic rings. The first kappa shape index (κ1) is 11.3. The molecule has 0 spiro atoms. The lowest BCUT2D eigenvalue weighted by Crippen LogP contribution is -2.11. The second-order valence-corrected chi connectivity index (χ2v) is 5.78. The minimum absolute atomic E-state index is 0.624. The maximum absolute atomic E-state index is 5.74. The van der Waals surface area contributed by atoms with Gasteiger partial charge in [-0.2, -0.15) is 0 Å². The monoisotopic (exact) mass is 207 g/mol. The Labute approximate surface area is 88.8 Å². The highest BCUT2D eigenvalue weighted by molar-refractivity contribution is 6.49. The van der Waals surface area contributed by atoms with E-state index in [0.717, 1.165) is 5.75 Å². The van der Waals surface area contributed by atoms with Crippen LogP contribution in [0.15, 0.2) is 24.3 Å². The SMILES string of the molecule is CCCCc1cccc(O[Si](C)C)c1.